The summed E-state index contributed by atoms with van der Waals surface area (Å²) in [6.07, 6.45) is 0. The van der Waals surface area contributed by atoms with Gasteiger partial charge in [0, 0.05) is 21.2 Å². The van der Waals surface area contributed by atoms with Gasteiger partial charge in [-0.1, -0.05) is 6.82 Å². The molecule has 0 aliphatic heterocycles. The van der Waals surface area contributed by atoms with E-state index >= 15 is 0 Å². The van der Waals surface area contributed by atoms with E-state index in [1.165, 1.54) is 28.4 Å². The summed E-state index contributed by atoms with van der Waals surface area (Å²) < 4.78 is 0. The fourth-order valence-electron chi connectivity index (χ4n) is 0.500. The maximum absolute atomic E-state index is 2.23. The van der Waals surface area contributed by atoms with Gasteiger partial charge in [-0.05, 0) is 0 Å². The maximum atomic E-state index is 2.23. The Morgan fingerprint density at radius 2 is 2.00 bits per heavy atom. The highest BCUT2D eigenvalue weighted by molar-refractivity contribution is 7.51. The van der Waals surface area contributed by atoms with Crippen molar-refractivity contribution in [2.75, 3.05) is 0 Å². The molecule has 0 nitrogen and oxygen atoms in total. The van der Waals surface area contributed by atoms with E-state index in [0.29, 0.717) is 0 Å². The van der Waals surface area contributed by atoms with Gasteiger partial charge in [-0.25, -0.2) is 0 Å². The minimum absolute atomic E-state index is 1.36. The van der Waals surface area contributed by atoms with Crippen LogP contribution in [-0.2, 0) is 0 Å². The van der Waals surface area contributed by atoms with Crippen molar-refractivity contribution in [1.82, 2.24) is 0 Å². The van der Waals surface area contributed by atoms with Gasteiger partial charge in [-0.3, -0.25) is 0 Å². The molecule has 0 aliphatic rings. The molecule has 5 heteroatoms. The SMILES string of the molecule is BBBBBC. The highest BCUT2D eigenvalue weighted by atomic mass is 12.8. The molecule has 28 valence electrons. The van der Waals surface area contributed by atoms with Gasteiger partial charge in [-0.2, -0.15) is 0 Å². The van der Waals surface area contributed by atoms with Crippen LogP contribution in [0.4, 0.5) is 0 Å². The molecule has 0 amide bonds. The number of rotatable bonds is 3. The fraction of sp³-hybridized carbons (Fsp3) is 1.00. The third-order valence-corrected chi connectivity index (χ3v) is 0.957. The summed E-state index contributed by atoms with van der Waals surface area (Å²) in [5, 5.41) is 0. The van der Waals surface area contributed by atoms with Crippen molar-refractivity contribution < 1.29 is 0 Å². The van der Waals surface area contributed by atoms with Gasteiger partial charge in [0.25, 0.3) is 0 Å². The highest BCUT2D eigenvalue weighted by Crippen LogP contribution is 1.48. The van der Waals surface area contributed by atoms with E-state index in [-0.39, 0.29) is 0 Å². The Kier molecular flexibility index (Phi) is 5.61. The van der Waals surface area contributed by atoms with Crippen molar-refractivity contribution in [3.63, 3.8) is 0 Å². The molecular weight excluding hydrogens is 66.1 g/mol. The molecule has 0 aromatic heterocycles. The number of hydrogen-bond acceptors (Lipinski definition) is 0. The number of hydrogen-bond donors (Lipinski definition) is 0. The zero-order valence-corrected chi connectivity index (χ0v) is 4.83. The normalized spacial score (nSPS) is 6.17. The molecule has 0 unspecified atom stereocenters. The van der Waals surface area contributed by atoms with Crippen LogP contribution < -0.4 is 0 Å². The van der Waals surface area contributed by atoms with E-state index in [1.807, 2.05) is 0 Å². The van der Waals surface area contributed by atoms with Crippen molar-refractivity contribution in [3.05, 3.63) is 0 Å². The predicted molar refractivity (Wildman–Crippen MR) is 43.0 cm³/mol. The fourth-order valence-corrected chi connectivity index (χ4v) is 0.500. The second kappa shape index (κ2) is 5.32. The van der Waals surface area contributed by atoms with Crippen LogP contribution in [0.3, 0.4) is 0 Å². The van der Waals surface area contributed by atoms with Crippen LogP contribution in [0.25, 0.3) is 0 Å². The molecule has 0 atom stereocenters. The van der Waals surface area contributed by atoms with Crippen molar-refractivity contribution in [1.29, 1.82) is 0 Å². The third-order valence-electron chi connectivity index (χ3n) is 0.957. The van der Waals surface area contributed by atoms with Gasteiger partial charge in [0.15, 0.2) is 0 Å². The lowest BCUT2D eigenvalue weighted by atomic mass is 9.05. The predicted octanol–water partition coefficient (Wildman–Crippen LogP) is -2.93. The Bertz CT molecular complexity index is 15.9. The molecule has 0 saturated carbocycles. The molecular formula is CH9B5. The molecule has 0 heterocycles. The molecule has 0 radical (unpaired) electrons. The highest BCUT2D eigenvalue weighted by Gasteiger charge is 1.85. The molecule has 0 aliphatic carbocycles. The molecule has 0 aromatic rings. The summed E-state index contributed by atoms with van der Waals surface area (Å²) in [5.41, 5.74) is 0. The molecule has 0 N–H and O–H groups in total. The van der Waals surface area contributed by atoms with Crippen LogP contribution in [0.2, 0.25) is 6.82 Å². The third kappa shape index (κ3) is 4.32. The average Bonchev–Trinajstić information content (AvgIpc) is 1.61. The first-order valence-electron chi connectivity index (χ1n) is 2.91. The Morgan fingerprint density at radius 1 is 1.33 bits per heavy atom. The molecule has 0 spiro atoms. The van der Waals surface area contributed by atoms with E-state index in [1.54, 1.807) is 0 Å². The van der Waals surface area contributed by atoms with Gasteiger partial charge in [0.1, 0.15) is 0 Å². The van der Waals surface area contributed by atoms with Crippen molar-refractivity contribution in [2.24, 2.45) is 0 Å². The Balaban J connectivity index is 2.34. The molecule has 0 rings (SSSR count). The second-order valence-corrected chi connectivity index (χ2v) is 1.71. The van der Waals surface area contributed by atoms with Gasteiger partial charge in [0.2, 0.25) is 0 Å². The first kappa shape index (κ1) is 6.32. The molecule has 0 aromatic carbocycles. The molecule has 0 saturated heterocycles. The Morgan fingerprint density at radius 3 is 2.17 bits per heavy atom. The average molecular weight is 75.1 g/mol. The van der Waals surface area contributed by atoms with Gasteiger partial charge < -0.3 is 0 Å². The summed E-state index contributed by atoms with van der Waals surface area (Å²) in [7, 11) is 7.77. The Labute approximate surface area is 43.8 Å². The molecule has 0 bridgehead atoms. The summed E-state index contributed by atoms with van der Waals surface area (Å²) >= 11 is 0. The van der Waals surface area contributed by atoms with E-state index in [2.05, 4.69) is 14.6 Å². The standard InChI is InChI=1S/CH9B5/c1-3-5-6-4-2/h3-6H,2H2,1H3. The van der Waals surface area contributed by atoms with Gasteiger partial charge in [-0.15, -0.1) is 0 Å². The van der Waals surface area contributed by atoms with Crippen LogP contribution in [-0.4, -0.2) is 36.1 Å². The lowest BCUT2D eigenvalue weighted by Gasteiger charge is -1.76. The van der Waals surface area contributed by atoms with Gasteiger partial charge >= 0.3 is 0 Å². The zero-order chi connectivity index (χ0) is 4.83. The first-order valence-corrected chi connectivity index (χ1v) is 2.91. The van der Waals surface area contributed by atoms with Crippen molar-refractivity contribution >= 4 is 36.1 Å². The second-order valence-electron chi connectivity index (χ2n) is 1.71. The molecule has 0 fully saturated rings. The van der Waals surface area contributed by atoms with E-state index in [4.69, 9.17) is 0 Å². The topological polar surface area (TPSA) is 0 Å². The molecule has 6 heavy (non-hydrogen) atoms. The first-order chi connectivity index (χ1) is 2.91. The Hall–Kier alpha value is 0.325. The smallest absolute Gasteiger partial charge is 0.0738 e. The van der Waals surface area contributed by atoms with E-state index < -0.39 is 0 Å². The minimum atomic E-state index is 1.36. The van der Waals surface area contributed by atoms with E-state index in [0.717, 1.165) is 0 Å². The zero-order valence-electron chi connectivity index (χ0n) is 4.83. The summed E-state index contributed by atoms with van der Waals surface area (Å²) in [6, 6.07) is 0. The monoisotopic (exact) mass is 76.1 g/mol. The van der Waals surface area contributed by atoms with Crippen LogP contribution in [0.5, 0.6) is 0 Å². The summed E-state index contributed by atoms with van der Waals surface area (Å²) in [4.78, 5) is 0. The lowest BCUT2D eigenvalue weighted by molar-refractivity contribution is 2.37. The summed E-state index contributed by atoms with van der Waals surface area (Å²) in [5.74, 6) is 0. The maximum Gasteiger partial charge on any atom is 0.0738 e. The van der Waals surface area contributed by atoms with Crippen LogP contribution in [0.1, 0.15) is 0 Å². The van der Waals surface area contributed by atoms with Crippen LogP contribution >= 0.6 is 0 Å². The minimum Gasteiger partial charge on any atom is -0.0966 e. The summed E-state index contributed by atoms with van der Waals surface area (Å²) in [6.45, 7) is 2.23. The largest absolute Gasteiger partial charge is 0.0966 e. The van der Waals surface area contributed by atoms with Crippen molar-refractivity contribution in [3.8, 4) is 0 Å². The van der Waals surface area contributed by atoms with Gasteiger partial charge in [0.05, 0.1) is 14.9 Å². The van der Waals surface area contributed by atoms with E-state index in [9.17, 15) is 0 Å². The lowest BCUT2D eigenvalue weighted by Crippen LogP contribution is -2.16. The van der Waals surface area contributed by atoms with Crippen molar-refractivity contribution in [2.45, 2.75) is 6.82 Å². The van der Waals surface area contributed by atoms with Crippen LogP contribution in [0.15, 0.2) is 0 Å². The quantitative estimate of drug-likeness (QED) is 0.249. The van der Waals surface area contributed by atoms with Crippen LogP contribution in [0, 0.1) is 0 Å².